The van der Waals surface area contributed by atoms with E-state index >= 15 is 0 Å². The summed E-state index contributed by atoms with van der Waals surface area (Å²) >= 11 is 0. The van der Waals surface area contributed by atoms with Crippen LogP contribution in [0, 0.1) is 5.92 Å². The maximum atomic E-state index is 12.5. The maximum absolute atomic E-state index is 12.5. The number of anilines is 1. The molecule has 132 valence electrons. The highest BCUT2D eigenvalue weighted by Crippen LogP contribution is 2.30. The van der Waals surface area contributed by atoms with Gasteiger partial charge in [-0.05, 0) is 57.0 Å². The summed E-state index contributed by atoms with van der Waals surface area (Å²) in [6, 6.07) is 4.70. The van der Waals surface area contributed by atoms with Crippen molar-refractivity contribution in [2.45, 2.75) is 36.6 Å². The van der Waals surface area contributed by atoms with Crippen LogP contribution in [0.4, 0.5) is 5.69 Å². The highest BCUT2D eigenvalue weighted by Gasteiger charge is 2.30. The molecule has 3 N–H and O–H groups in total. The van der Waals surface area contributed by atoms with E-state index in [0.717, 1.165) is 38.8 Å². The van der Waals surface area contributed by atoms with Crippen LogP contribution in [0.15, 0.2) is 23.1 Å². The summed E-state index contributed by atoms with van der Waals surface area (Å²) < 4.78 is 32.8. The Kier molecular flexibility index (Phi) is 5.07. The van der Waals surface area contributed by atoms with Gasteiger partial charge < -0.3 is 15.4 Å². The van der Waals surface area contributed by atoms with E-state index in [4.69, 9.17) is 4.74 Å². The number of ether oxygens (including phenoxy) is 1. The molecule has 1 aliphatic heterocycles. The van der Waals surface area contributed by atoms with Crippen LogP contribution in [0.3, 0.4) is 0 Å². The van der Waals surface area contributed by atoms with Gasteiger partial charge in [0.2, 0.25) is 15.9 Å². The summed E-state index contributed by atoms with van der Waals surface area (Å²) in [4.78, 5) is 12.4. The number of hydrogen-bond acceptors (Lipinski definition) is 5. The summed E-state index contributed by atoms with van der Waals surface area (Å²) in [7, 11) is -2.23. The van der Waals surface area contributed by atoms with Gasteiger partial charge in [0.25, 0.3) is 0 Å². The van der Waals surface area contributed by atoms with Crippen molar-refractivity contribution in [1.29, 1.82) is 0 Å². The van der Waals surface area contributed by atoms with Crippen LogP contribution < -0.4 is 20.1 Å². The molecule has 0 atom stereocenters. The van der Waals surface area contributed by atoms with E-state index in [1.165, 1.54) is 13.2 Å². The third-order valence-corrected chi connectivity index (χ3v) is 5.87. The molecular weight excluding hydrogens is 330 g/mol. The zero-order valence-electron chi connectivity index (χ0n) is 13.7. The molecule has 7 nitrogen and oxygen atoms in total. The fourth-order valence-electron chi connectivity index (χ4n) is 2.78. The highest BCUT2D eigenvalue weighted by atomic mass is 32.2. The van der Waals surface area contributed by atoms with Crippen LogP contribution in [-0.2, 0) is 14.8 Å². The summed E-state index contributed by atoms with van der Waals surface area (Å²) in [6.07, 6.45) is 3.29. The minimum atomic E-state index is -3.66. The molecule has 8 heteroatoms. The van der Waals surface area contributed by atoms with Crippen LogP contribution >= 0.6 is 0 Å². The molecule has 1 heterocycles. The second-order valence-corrected chi connectivity index (χ2v) is 7.96. The van der Waals surface area contributed by atoms with Gasteiger partial charge in [-0.1, -0.05) is 0 Å². The minimum absolute atomic E-state index is 0.00712. The standard InChI is InChI=1S/C16H23N3O4S/c1-23-14-5-4-13(18-16(20)11-6-8-17-9-7-11)10-15(14)24(21,22)19-12-2-3-12/h4-5,10-12,17,19H,2-3,6-9H2,1H3,(H,18,20). The highest BCUT2D eigenvalue weighted by molar-refractivity contribution is 7.89. The van der Waals surface area contributed by atoms with Gasteiger partial charge in [-0.25, -0.2) is 13.1 Å². The van der Waals surface area contributed by atoms with Gasteiger partial charge in [0.1, 0.15) is 10.6 Å². The first-order valence-corrected chi connectivity index (χ1v) is 9.70. The van der Waals surface area contributed by atoms with Gasteiger partial charge in [-0.3, -0.25) is 4.79 Å². The molecule has 0 radical (unpaired) electrons. The Labute approximate surface area is 142 Å². The average molecular weight is 353 g/mol. The molecule has 0 spiro atoms. The number of benzene rings is 1. The van der Waals surface area contributed by atoms with Gasteiger partial charge in [0.15, 0.2) is 0 Å². The molecule has 24 heavy (non-hydrogen) atoms. The van der Waals surface area contributed by atoms with Crippen molar-refractivity contribution in [2.24, 2.45) is 5.92 Å². The Morgan fingerprint density at radius 3 is 2.54 bits per heavy atom. The Morgan fingerprint density at radius 2 is 1.92 bits per heavy atom. The molecule has 0 unspecified atom stereocenters. The van der Waals surface area contributed by atoms with E-state index in [1.807, 2.05) is 0 Å². The molecule has 0 aromatic heterocycles. The molecule has 1 aromatic carbocycles. The summed E-state index contributed by atoms with van der Waals surface area (Å²) in [5.74, 6) is 0.154. The molecule has 1 aliphatic carbocycles. The third-order valence-electron chi connectivity index (χ3n) is 4.33. The topological polar surface area (TPSA) is 96.5 Å². The van der Waals surface area contributed by atoms with Crippen LogP contribution in [-0.4, -0.2) is 40.6 Å². The second-order valence-electron chi connectivity index (χ2n) is 6.27. The number of carbonyl (C=O) groups excluding carboxylic acids is 1. The molecule has 2 fully saturated rings. The minimum Gasteiger partial charge on any atom is -0.495 e. The van der Waals surface area contributed by atoms with E-state index in [0.29, 0.717) is 5.69 Å². The molecule has 1 saturated heterocycles. The van der Waals surface area contributed by atoms with E-state index < -0.39 is 10.0 Å². The van der Waals surface area contributed by atoms with Crippen molar-refractivity contribution in [3.8, 4) is 5.75 Å². The Morgan fingerprint density at radius 1 is 1.21 bits per heavy atom. The first-order chi connectivity index (χ1) is 11.5. The lowest BCUT2D eigenvalue weighted by Gasteiger charge is -2.22. The number of carbonyl (C=O) groups is 1. The monoisotopic (exact) mass is 353 g/mol. The Hall–Kier alpha value is -1.64. The lowest BCUT2D eigenvalue weighted by atomic mass is 9.97. The molecule has 2 aliphatic rings. The van der Waals surface area contributed by atoms with Gasteiger partial charge in [-0.2, -0.15) is 0 Å². The predicted octanol–water partition coefficient (Wildman–Crippen LogP) is 1.07. The predicted molar refractivity (Wildman–Crippen MR) is 90.6 cm³/mol. The average Bonchev–Trinajstić information content (AvgIpc) is 3.39. The number of methoxy groups -OCH3 is 1. The Balaban J connectivity index is 1.79. The zero-order valence-corrected chi connectivity index (χ0v) is 14.5. The van der Waals surface area contributed by atoms with E-state index in [1.54, 1.807) is 12.1 Å². The number of amides is 1. The van der Waals surface area contributed by atoms with E-state index in [9.17, 15) is 13.2 Å². The lowest BCUT2D eigenvalue weighted by Crippen LogP contribution is -2.34. The number of hydrogen-bond donors (Lipinski definition) is 3. The number of sulfonamides is 1. The first kappa shape index (κ1) is 17.2. The third kappa shape index (κ3) is 4.06. The van der Waals surface area contributed by atoms with Crippen LogP contribution in [0.25, 0.3) is 0 Å². The van der Waals surface area contributed by atoms with E-state index in [-0.39, 0.29) is 28.5 Å². The number of nitrogens with one attached hydrogen (secondary N) is 3. The van der Waals surface area contributed by atoms with Crippen LogP contribution in [0.1, 0.15) is 25.7 Å². The Bertz CT molecular complexity index is 710. The summed E-state index contributed by atoms with van der Waals surface area (Å²) in [5, 5.41) is 6.05. The van der Waals surface area contributed by atoms with Gasteiger partial charge in [0, 0.05) is 17.6 Å². The molecular formula is C16H23N3O4S. The van der Waals surface area contributed by atoms with Crippen LogP contribution in [0.2, 0.25) is 0 Å². The largest absolute Gasteiger partial charge is 0.495 e. The quantitative estimate of drug-likeness (QED) is 0.711. The van der Waals surface area contributed by atoms with Crippen molar-refractivity contribution in [1.82, 2.24) is 10.0 Å². The lowest BCUT2D eigenvalue weighted by molar-refractivity contribution is -0.120. The normalized spacial score (nSPS) is 19.0. The molecule has 1 amide bonds. The van der Waals surface area contributed by atoms with Gasteiger partial charge in [0.05, 0.1) is 7.11 Å². The fraction of sp³-hybridized carbons (Fsp3) is 0.562. The molecule has 0 bridgehead atoms. The molecule has 3 rings (SSSR count). The number of rotatable bonds is 6. The van der Waals surface area contributed by atoms with Gasteiger partial charge in [-0.15, -0.1) is 0 Å². The molecule has 1 saturated carbocycles. The van der Waals surface area contributed by atoms with Crippen molar-refractivity contribution in [2.75, 3.05) is 25.5 Å². The van der Waals surface area contributed by atoms with E-state index in [2.05, 4.69) is 15.4 Å². The van der Waals surface area contributed by atoms with Crippen molar-refractivity contribution in [3.63, 3.8) is 0 Å². The fourth-order valence-corrected chi connectivity index (χ4v) is 4.28. The summed E-state index contributed by atoms with van der Waals surface area (Å²) in [6.45, 7) is 1.65. The zero-order chi connectivity index (χ0) is 17.2. The molecule has 1 aromatic rings. The maximum Gasteiger partial charge on any atom is 0.244 e. The van der Waals surface area contributed by atoms with Crippen molar-refractivity contribution < 1.29 is 17.9 Å². The second kappa shape index (κ2) is 7.08. The van der Waals surface area contributed by atoms with Crippen LogP contribution in [0.5, 0.6) is 5.75 Å². The van der Waals surface area contributed by atoms with Crippen molar-refractivity contribution >= 4 is 21.6 Å². The smallest absolute Gasteiger partial charge is 0.244 e. The van der Waals surface area contributed by atoms with Crippen molar-refractivity contribution in [3.05, 3.63) is 18.2 Å². The van der Waals surface area contributed by atoms with Gasteiger partial charge >= 0.3 is 0 Å². The summed E-state index contributed by atoms with van der Waals surface area (Å²) in [5.41, 5.74) is 0.468. The number of piperidine rings is 1. The first-order valence-electron chi connectivity index (χ1n) is 8.21. The SMILES string of the molecule is COc1ccc(NC(=O)C2CCNCC2)cc1S(=O)(=O)NC1CC1.